The van der Waals surface area contributed by atoms with Crippen LogP contribution in [0, 0.1) is 6.92 Å². The topological polar surface area (TPSA) is 43.7 Å². The molecule has 210 valence electrons. The number of unbranched alkanes of at least 4 members (excludes halogenated alkanes) is 2. The van der Waals surface area contributed by atoms with Crippen LogP contribution in [0.5, 0.6) is 5.75 Å². The summed E-state index contributed by atoms with van der Waals surface area (Å²) >= 11 is 0. The molecule has 0 radical (unpaired) electrons. The first-order chi connectivity index (χ1) is 19.5. The summed E-state index contributed by atoms with van der Waals surface area (Å²) in [5.74, 6) is 0.456. The van der Waals surface area contributed by atoms with E-state index in [1.54, 1.807) is 0 Å². The molecule has 0 amide bonds. The van der Waals surface area contributed by atoms with Crippen molar-refractivity contribution in [2.45, 2.75) is 72.4 Å². The first-order valence-electron chi connectivity index (χ1n) is 14.9. The Balaban J connectivity index is 1.80. The second-order valence-corrected chi connectivity index (χ2v) is 10.6. The SMILES string of the molecule is CCCCN(CCCC)c1ccc(C2(c3c(C)n(CC)c4ccccc34)OC(=O)c3ccccc32)c(OCC)c1. The van der Waals surface area contributed by atoms with Crippen LogP contribution >= 0.6 is 0 Å². The first kappa shape index (κ1) is 27.8. The van der Waals surface area contributed by atoms with Gasteiger partial charge in [0, 0.05) is 64.7 Å². The van der Waals surface area contributed by atoms with Gasteiger partial charge in [0.2, 0.25) is 0 Å². The van der Waals surface area contributed by atoms with E-state index in [9.17, 15) is 4.79 Å². The summed E-state index contributed by atoms with van der Waals surface area (Å²) in [6.45, 7) is 14.1. The lowest BCUT2D eigenvalue weighted by Crippen LogP contribution is -2.32. The van der Waals surface area contributed by atoms with Crippen LogP contribution in [0.2, 0.25) is 0 Å². The van der Waals surface area contributed by atoms with Crippen molar-refractivity contribution in [3.05, 3.63) is 94.7 Å². The van der Waals surface area contributed by atoms with Crippen molar-refractivity contribution in [1.29, 1.82) is 0 Å². The minimum atomic E-state index is -1.13. The van der Waals surface area contributed by atoms with E-state index >= 15 is 0 Å². The summed E-state index contributed by atoms with van der Waals surface area (Å²) in [5, 5.41) is 1.09. The first-order valence-corrected chi connectivity index (χ1v) is 14.9. The van der Waals surface area contributed by atoms with Gasteiger partial charge in [0.25, 0.3) is 0 Å². The van der Waals surface area contributed by atoms with E-state index < -0.39 is 5.60 Å². The summed E-state index contributed by atoms with van der Waals surface area (Å²) in [4.78, 5) is 16.0. The third-order valence-corrected chi connectivity index (χ3v) is 8.24. The Hall–Kier alpha value is -3.73. The van der Waals surface area contributed by atoms with Crippen LogP contribution in [0.25, 0.3) is 10.9 Å². The van der Waals surface area contributed by atoms with Gasteiger partial charge >= 0.3 is 5.97 Å². The number of rotatable bonds is 12. The summed E-state index contributed by atoms with van der Waals surface area (Å²) < 4.78 is 15.3. The zero-order valence-corrected chi connectivity index (χ0v) is 24.6. The van der Waals surface area contributed by atoms with Gasteiger partial charge < -0.3 is 18.9 Å². The second kappa shape index (κ2) is 11.8. The van der Waals surface area contributed by atoms with Gasteiger partial charge in [-0.05, 0) is 57.9 Å². The number of benzene rings is 3. The molecule has 40 heavy (non-hydrogen) atoms. The Morgan fingerprint density at radius 1 is 0.875 bits per heavy atom. The highest BCUT2D eigenvalue weighted by atomic mass is 16.6. The highest BCUT2D eigenvalue weighted by molar-refractivity contribution is 5.99. The van der Waals surface area contributed by atoms with Crippen LogP contribution in [-0.4, -0.2) is 30.2 Å². The molecule has 0 saturated heterocycles. The maximum Gasteiger partial charge on any atom is 0.340 e. The lowest BCUT2D eigenvalue weighted by atomic mass is 9.78. The number of esters is 1. The predicted octanol–water partition coefficient (Wildman–Crippen LogP) is 8.24. The van der Waals surface area contributed by atoms with E-state index in [1.807, 2.05) is 31.2 Å². The van der Waals surface area contributed by atoms with Crippen molar-refractivity contribution in [1.82, 2.24) is 4.57 Å². The molecule has 0 saturated carbocycles. The number of carbonyl (C=O) groups excluding carboxylic acids is 1. The number of ether oxygens (including phenoxy) is 2. The van der Waals surface area contributed by atoms with Crippen molar-refractivity contribution in [2.24, 2.45) is 0 Å². The van der Waals surface area contributed by atoms with Gasteiger partial charge in [-0.3, -0.25) is 0 Å². The second-order valence-electron chi connectivity index (χ2n) is 10.6. The quantitative estimate of drug-likeness (QED) is 0.170. The van der Waals surface area contributed by atoms with Gasteiger partial charge in [-0.1, -0.05) is 63.1 Å². The van der Waals surface area contributed by atoms with Crippen LogP contribution in [0.15, 0.2) is 66.7 Å². The minimum Gasteiger partial charge on any atom is -0.493 e. The molecule has 2 heterocycles. The summed E-state index contributed by atoms with van der Waals surface area (Å²) in [5.41, 5.74) is 5.59. The van der Waals surface area contributed by atoms with Gasteiger partial charge in [-0.2, -0.15) is 0 Å². The van der Waals surface area contributed by atoms with Gasteiger partial charge in [-0.25, -0.2) is 4.79 Å². The smallest absolute Gasteiger partial charge is 0.340 e. The monoisotopic (exact) mass is 538 g/mol. The van der Waals surface area contributed by atoms with Crippen molar-refractivity contribution in [3.63, 3.8) is 0 Å². The average molecular weight is 539 g/mol. The zero-order valence-electron chi connectivity index (χ0n) is 24.6. The molecule has 0 N–H and O–H groups in total. The Morgan fingerprint density at radius 2 is 1.57 bits per heavy atom. The van der Waals surface area contributed by atoms with E-state index in [1.165, 1.54) is 0 Å². The maximum atomic E-state index is 13.6. The molecule has 5 heteroatoms. The summed E-state index contributed by atoms with van der Waals surface area (Å²) in [6.07, 6.45) is 4.57. The highest BCUT2D eigenvalue weighted by Crippen LogP contribution is 2.53. The van der Waals surface area contributed by atoms with Crippen molar-refractivity contribution >= 4 is 22.6 Å². The third-order valence-electron chi connectivity index (χ3n) is 8.24. The standard InChI is InChI=1S/C35H42N2O3/c1-6-10-22-36(23-11-7-2)26-20-21-30(32(24-26)39-9-4)35(29-18-14-12-16-27(29)34(38)40-35)33-25(5)37(8-3)31-19-15-13-17-28(31)33/h12-21,24H,6-11,22-23H2,1-5H3. The maximum absolute atomic E-state index is 13.6. The lowest BCUT2D eigenvalue weighted by molar-refractivity contribution is 0.0246. The van der Waals surface area contributed by atoms with E-state index in [4.69, 9.17) is 9.47 Å². The van der Waals surface area contributed by atoms with E-state index in [2.05, 4.69) is 79.6 Å². The largest absolute Gasteiger partial charge is 0.493 e. The molecule has 1 atom stereocenters. The Labute approximate surface area is 238 Å². The fourth-order valence-corrected chi connectivity index (χ4v) is 6.36. The zero-order chi connectivity index (χ0) is 28.3. The Bertz CT molecular complexity index is 1500. The Kier molecular flexibility index (Phi) is 8.20. The van der Waals surface area contributed by atoms with Crippen molar-refractivity contribution in [2.75, 3.05) is 24.6 Å². The predicted molar refractivity (Wildman–Crippen MR) is 164 cm³/mol. The number of fused-ring (bicyclic) bond motifs is 2. The Morgan fingerprint density at radius 3 is 2.27 bits per heavy atom. The molecule has 3 aromatic carbocycles. The number of carbonyl (C=O) groups is 1. The molecule has 0 bridgehead atoms. The van der Waals surface area contributed by atoms with Crippen LogP contribution < -0.4 is 9.64 Å². The van der Waals surface area contributed by atoms with Crippen LogP contribution in [0.1, 0.15) is 86.1 Å². The van der Waals surface area contributed by atoms with Gasteiger partial charge in [0.05, 0.1) is 12.2 Å². The number of anilines is 1. The molecule has 5 rings (SSSR count). The van der Waals surface area contributed by atoms with Gasteiger partial charge in [0.1, 0.15) is 5.75 Å². The van der Waals surface area contributed by atoms with Crippen LogP contribution in [0.3, 0.4) is 0 Å². The molecular formula is C35H42N2O3. The normalized spacial score (nSPS) is 16.3. The van der Waals surface area contributed by atoms with E-state index in [-0.39, 0.29) is 5.97 Å². The van der Waals surface area contributed by atoms with E-state index in [0.29, 0.717) is 12.2 Å². The molecule has 0 aliphatic carbocycles. The van der Waals surface area contributed by atoms with Gasteiger partial charge in [-0.15, -0.1) is 0 Å². The average Bonchev–Trinajstić information content (AvgIpc) is 3.43. The summed E-state index contributed by atoms with van der Waals surface area (Å²) in [6, 6.07) is 22.7. The molecule has 0 spiro atoms. The number of para-hydroxylation sites is 1. The molecule has 1 unspecified atom stereocenters. The summed E-state index contributed by atoms with van der Waals surface area (Å²) in [7, 11) is 0. The number of hydrogen-bond acceptors (Lipinski definition) is 4. The third kappa shape index (κ3) is 4.55. The van der Waals surface area contributed by atoms with Crippen LogP contribution in [0.4, 0.5) is 5.69 Å². The van der Waals surface area contributed by atoms with Crippen LogP contribution in [-0.2, 0) is 16.9 Å². The van der Waals surface area contributed by atoms with Crippen molar-refractivity contribution < 1.29 is 14.3 Å². The number of hydrogen-bond donors (Lipinski definition) is 0. The molecule has 5 nitrogen and oxygen atoms in total. The van der Waals surface area contributed by atoms with Gasteiger partial charge in [0.15, 0.2) is 5.60 Å². The fourth-order valence-electron chi connectivity index (χ4n) is 6.36. The molecular weight excluding hydrogens is 496 g/mol. The van der Waals surface area contributed by atoms with Crippen molar-refractivity contribution in [3.8, 4) is 5.75 Å². The number of aryl methyl sites for hydroxylation is 1. The fraction of sp³-hybridized carbons (Fsp3) is 0.400. The number of aromatic nitrogens is 1. The molecule has 0 fully saturated rings. The van der Waals surface area contributed by atoms with E-state index in [0.717, 1.165) is 90.0 Å². The number of nitrogens with zero attached hydrogens (tertiary/aromatic N) is 2. The molecule has 1 aliphatic rings. The minimum absolute atomic E-state index is 0.303. The highest BCUT2D eigenvalue weighted by Gasteiger charge is 2.52. The molecule has 1 aliphatic heterocycles. The lowest BCUT2D eigenvalue weighted by Gasteiger charge is -2.33. The number of cyclic esters (lactones) is 1. The molecule has 1 aromatic heterocycles. The molecule has 4 aromatic rings.